The molecule has 166 valence electrons. The Morgan fingerprint density at radius 2 is 1.25 bits per heavy atom. The van der Waals surface area contributed by atoms with Gasteiger partial charge in [0.25, 0.3) is 20.2 Å². The van der Waals surface area contributed by atoms with E-state index in [1.54, 1.807) is 55.5 Å². The molecule has 0 aliphatic rings. The molecule has 10 heteroatoms. The molecule has 2 heterocycles. The molecule has 0 bridgehead atoms. The highest BCUT2D eigenvalue weighted by atomic mass is 32.2. The average molecular weight is 473 g/mol. The molecule has 32 heavy (non-hydrogen) atoms. The Hall–Kier alpha value is -2.92. The maximum Gasteiger partial charge on any atom is 0.299 e. The SMILES string of the molecule is CCC(COS(=O)(=O)c1cccc2cccnc12)OS(=O)(=O)c1cccc2cccnc12. The minimum atomic E-state index is -4.21. The van der Waals surface area contributed by atoms with Crippen molar-refractivity contribution in [3.63, 3.8) is 0 Å². The van der Waals surface area contributed by atoms with Crippen molar-refractivity contribution in [3.05, 3.63) is 73.1 Å². The van der Waals surface area contributed by atoms with Gasteiger partial charge in [0.05, 0.1) is 17.6 Å². The van der Waals surface area contributed by atoms with Crippen LogP contribution in [-0.2, 0) is 28.6 Å². The Balaban J connectivity index is 1.56. The Kier molecular flexibility index (Phi) is 6.20. The Bertz CT molecular complexity index is 1480. The molecular weight excluding hydrogens is 452 g/mol. The summed E-state index contributed by atoms with van der Waals surface area (Å²) in [7, 11) is -8.41. The summed E-state index contributed by atoms with van der Waals surface area (Å²) < 4.78 is 61.9. The highest BCUT2D eigenvalue weighted by Gasteiger charge is 2.27. The van der Waals surface area contributed by atoms with Crippen molar-refractivity contribution in [1.29, 1.82) is 0 Å². The first-order valence-electron chi connectivity index (χ1n) is 9.82. The summed E-state index contributed by atoms with van der Waals surface area (Å²) >= 11 is 0. The van der Waals surface area contributed by atoms with Crippen molar-refractivity contribution in [1.82, 2.24) is 9.97 Å². The lowest BCUT2D eigenvalue weighted by atomic mass is 10.2. The fraction of sp³-hybridized carbons (Fsp3) is 0.182. The highest BCUT2D eigenvalue weighted by Crippen LogP contribution is 2.25. The Morgan fingerprint density at radius 1 is 0.750 bits per heavy atom. The molecule has 2 aromatic heterocycles. The standard InChI is InChI=1S/C22H20N2O6S2/c1-2-18(30-32(27,28)20-12-4-8-17-10-6-14-24-22(17)20)15-29-31(25,26)19-11-3-7-16-9-5-13-23-21(16)19/h3-14,18H,2,15H2,1H3. The third-order valence-corrected chi connectivity index (χ3v) is 7.57. The van der Waals surface area contributed by atoms with E-state index >= 15 is 0 Å². The van der Waals surface area contributed by atoms with Crippen LogP contribution in [0.4, 0.5) is 0 Å². The molecule has 2 aromatic carbocycles. The second-order valence-corrected chi connectivity index (χ2v) is 10.1. The highest BCUT2D eigenvalue weighted by molar-refractivity contribution is 7.87. The fourth-order valence-electron chi connectivity index (χ4n) is 3.23. The van der Waals surface area contributed by atoms with Gasteiger partial charge >= 0.3 is 0 Å². The van der Waals surface area contributed by atoms with Gasteiger partial charge in [-0.15, -0.1) is 0 Å². The van der Waals surface area contributed by atoms with Gasteiger partial charge in [-0.05, 0) is 30.7 Å². The van der Waals surface area contributed by atoms with E-state index in [0.29, 0.717) is 10.8 Å². The van der Waals surface area contributed by atoms with E-state index in [4.69, 9.17) is 8.37 Å². The predicted octanol–water partition coefficient (Wildman–Crippen LogP) is 3.67. The minimum absolute atomic E-state index is 0.0878. The van der Waals surface area contributed by atoms with Gasteiger partial charge in [0.15, 0.2) is 0 Å². The van der Waals surface area contributed by atoms with E-state index < -0.39 is 32.9 Å². The molecule has 0 spiro atoms. The summed E-state index contributed by atoms with van der Waals surface area (Å²) in [6, 6.07) is 16.3. The monoisotopic (exact) mass is 472 g/mol. The summed E-state index contributed by atoms with van der Waals surface area (Å²) in [6.45, 7) is 1.20. The van der Waals surface area contributed by atoms with Gasteiger partial charge in [-0.25, -0.2) is 0 Å². The molecule has 0 saturated carbocycles. The van der Waals surface area contributed by atoms with Crippen molar-refractivity contribution in [2.24, 2.45) is 0 Å². The van der Waals surface area contributed by atoms with Crippen LogP contribution in [0.3, 0.4) is 0 Å². The van der Waals surface area contributed by atoms with Gasteiger partial charge in [0, 0.05) is 23.2 Å². The van der Waals surface area contributed by atoms with Gasteiger partial charge in [0.1, 0.15) is 15.9 Å². The van der Waals surface area contributed by atoms with Gasteiger partial charge in [-0.3, -0.25) is 18.3 Å². The average Bonchev–Trinajstić information content (AvgIpc) is 2.81. The van der Waals surface area contributed by atoms with E-state index in [-0.39, 0.29) is 27.2 Å². The van der Waals surface area contributed by atoms with E-state index in [1.165, 1.54) is 24.5 Å². The second kappa shape index (κ2) is 8.91. The van der Waals surface area contributed by atoms with Crippen molar-refractivity contribution in [2.45, 2.75) is 29.2 Å². The van der Waals surface area contributed by atoms with Gasteiger partial charge in [0.2, 0.25) is 0 Å². The van der Waals surface area contributed by atoms with Crippen LogP contribution in [0.25, 0.3) is 21.8 Å². The van der Waals surface area contributed by atoms with Gasteiger partial charge in [-0.2, -0.15) is 16.8 Å². The first-order chi connectivity index (χ1) is 15.3. The molecule has 0 aliphatic carbocycles. The van der Waals surface area contributed by atoms with Gasteiger partial charge in [-0.1, -0.05) is 43.3 Å². The first-order valence-corrected chi connectivity index (χ1v) is 12.6. The van der Waals surface area contributed by atoms with Crippen LogP contribution in [-0.4, -0.2) is 39.5 Å². The van der Waals surface area contributed by atoms with Crippen molar-refractivity contribution in [3.8, 4) is 0 Å². The minimum Gasteiger partial charge on any atom is -0.264 e. The lowest BCUT2D eigenvalue weighted by molar-refractivity contribution is 0.134. The largest absolute Gasteiger partial charge is 0.299 e. The molecule has 4 aromatic rings. The van der Waals surface area contributed by atoms with E-state index in [9.17, 15) is 16.8 Å². The summed E-state index contributed by atoms with van der Waals surface area (Å²) in [5.74, 6) is 0. The lowest BCUT2D eigenvalue weighted by Crippen LogP contribution is -2.25. The van der Waals surface area contributed by atoms with Crippen LogP contribution in [0.2, 0.25) is 0 Å². The molecule has 0 N–H and O–H groups in total. The number of para-hydroxylation sites is 2. The molecule has 8 nitrogen and oxygen atoms in total. The normalized spacial score (nSPS) is 13.4. The zero-order chi connectivity index (χ0) is 22.8. The third-order valence-electron chi connectivity index (χ3n) is 4.86. The topological polar surface area (TPSA) is 113 Å². The summed E-state index contributed by atoms with van der Waals surface area (Å²) in [6.07, 6.45) is 2.17. The van der Waals surface area contributed by atoms with Crippen molar-refractivity contribution in [2.75, 3.05) is 6.61 Å². The van der Waals surface area contributed by atoms with Crippen LogP contribution in [0.5, 0.6) is 0 Å². The Labute approximate surface area is 186 Å². The van der Waals surface area contributed by atoms with Crippen molar-refractivity contribution >= 4 is 42.0 Å². The number of aromatic nitrogens is 2. The number of fused-ring (bicyclic) bond motifs is 2. The van der Waals surface area contributed by atoms with E-state index in [1.807, 2.05) is 0 Å². The molecule has 0 radical (unpaired) electrons. The number of nitrogens with zero attached hydrogens (tertiary/aromatic N) is 2. The van der Waals surface area contributed by atoms with Crippen LogP contribution in [0.1, 0.15) is 13.3 Å². The second-order valence-electron chi connectivity index (χ2n) is 6.98. The number of pyridine rings is 2. The molecular formula is C22H20N2O6S2. The van der Waals surface area contributed by atoms with Crippen LogP contribution >= 0.6 is 0 Å². The summed E-state index contributed by atoms with van der Waals surface area (Å²) in [5.41, 5.74) is 0.554. The quantitative estimate of drug-likeness (QED) is 0.357. The first kappa shape index (κ1) is 22.3. The van der Waals surface area contributed by atoms with Gasteiger partial charge < -0.3 is 0 Å². The maximum absolute atomic E-state index is 12.9. The number of hydrogen-bond acceptors (Lipinski definition) is 8. The molecule has 1 atom stereocenters. The lowest BCUT2D eigenvalue weighted by Gasteiger charge is -2.17. The maximum atomic E-state index is 12.9. The molecule has 0 fully saturated rings. The summed E-state index contributed by atoms with van der Waals surface area (Å²) in [5, 5.41) is 1.29. The van der Waals surface area contributed by atoms with Crippen molar-refractivity contribution < 1.29 is 25.2 Å². The van der Waals surface area contributed by atoms with Crippen LogP contribution in [0, 0.1) is 0 Å². The molecule has 0 amide bonds. The van der Waals surface area contributed by atoms with Crippen LogP contribution < -0.4 is 0 Å². The zero-order valence-electron chi connectivity index (χ0n) is 17.1. The fourth-order valence-corrected chi connectivity index (χ4v) is 5.65. The van der Waals surface area contributed by atoms with Crippen LogP contribution in [0.15, 0.2) is 82.8 Å². The predicted molar refractivity (Wildman–Crippen MR) is 119 cm³/mol. The molecule has 0 aliphatic heterocycles. The van der Waals surface area contributed by atoms with E-state index in [2.05, 4.69) is 9.97 Å². The molecule has 1 unspecified atom stereocenters. The number of hydrogen-bond donors (Lipinski definition) is 0. The number of benzene rings is 2. The Morgan fingerprint density at radius 3 is 1.78 bits per heavy atom. The number of rotatable bonds is 8. The molecule has 0 saturated heterocycles. The zero-order valence-corrected chi connectivity index (χ0v) is 18.7. The molecule has 4 rings (SSSR count). The van der Waals surface area contributed by atoms with E-state index in [0.717, 1.165) is 0 Å². The smallest absolute Gasteiger partial charge is 0.264 e. The summed E-state index contributed by atoms with van der Waals surface area (Å²) in [4.78, 5) is 8.09. The third kappa shape index (κ3) is 4.49.